The van der Waals surface area contributed by atoms with Crippen molar-refractivity contribution in [2.24, 2.45) is 0 Å². The summed E-state index contributed by atoms with van der Waals surface area (Å²) in [4.78, 5) is 30.8. The first-order chi connectivity index (χ1) is 20.2. The highest BCUT2D eigenvalue weighted by molar-refractivity contribution is 7.90. The second-order valence-corrected chi connectivity index (χ2v) is 13.5. The largest absolute Gasteiger partial charge is 0.457 e. The van der Waals surface area contributed by atoms with Gasteiger partial charge in [0.05, 0.1) is 36.6 Å². The lowest BCUT2D eigenvalue weighted by molar-refractivity contribution is -0.130. The number of rotatable bonds is 4. The highest BCUT2D eigenvalue weighted by Gasteiger charge is 2.38. The van der Waals surface area contributed by atoms with Crippen LogP contribution in [0, 0.1) is 0 Å². The van der Waals surface area contributed by atoms with E-state index in [4.69, 9.17) is 9.47 Å². The van der Waals surface area contributed by atoms with Gasteiger partial charge in [-0.3, -0.25) is 14.5 Å². The Morgan fingerprint density at radius 1 is 0.929 bits per heavy atom. The fourth-order valence-electron chi connectivity index (χ4n) is 5.60. The average molecular weight is 590 g/mol. The number of hydrogen-bond acceptors (Lipinski definition) is 7. The number of fused-ring (bicyclic) bond motifs is 5. The molecule has 9 nitrogen and oxygen atoms in total. The Morgan fingerprint density at radius 3 is 2.31 bits per heavy atom. The molecule has 0 radical (unpaired) electrons. The molecular formula is C32H35N3O6S. The Morgan fingerprint density at radius 2 is 1.62 bits per heavy atom. The first-order valence-electron chi connectivity index (χ1n) is 14.3. The van der Waals surface area contributed by atoms with Crippen molar-refractivity contribution in [3.05, 3.63) is 89.5 Å². The third-order valence-electron chi connectivity index (χ3n) is 7.96. The maximum absolute atomic E-state index is 13.3. The van der Waals surface area contributed by atoms with Gasteiger partial charge in [-0.05, 0) is 65.9 Å². The zero-order chi connectivity index (χ0) is 29.3. The van der Waals surface area contributed by atoms with Crippen molar-refractivity contribution < 1.29 is 27.5 Å². The lowest BCUT2D eigenvalue weighted by Crippen LogP contribution is -2.48. The van der Waals surface area contributed by atoms with E-state index in [0.717, 1.165) is 47.3 Å². The molecule has 4 bridgehead atoms. The molecule has 42 heavy (non-hydrogen) atoms. The minimum absolute atomic E-state index is 0.0901. The molecule has 3 aromatic carbocycles. The number of amides is 2. The van der Waals surface area contributed by atoms with Gasteiger partial charge in [0.15, 0.2) is 9.84 Å². The minimum Gasteiger partial charge on any atom is -0.457 e. The number of nitrogens with one attached hydrogen (secondary N) is 1. The zero-order valence-corrected chi connectivity index (χ0v) is 24.4. The van der Waals surface area contributed by atoms with Crippen LogP contribution in [0.1, 0.15) is 29.5 Å². The van der Waals surface area contributed by atoms with Crippen molar-refractivity contribution in [3.63, 3.8) is 0 Å². The number of carbonyl (C=O) groups excluding carboxylic acids is 2. The fourth-order valence-corrected chi connectivity index (χ4v) is 6.23. The number of nitrogens with zero attached hydrogens (tertiary/aromatic N) is 2. The van der Waals surface area contributed by atoms with Gasteiger partial charge < -0.3 is 19.7 Å². The molecular weight excluding hydrogens is 554 g/mol. The maximum atomic E-state index is 13.3. The van der Waals surface area contributed by atoms with Crippen molar-refractivity contribution in [1.29, 1.82) is 0 Å². The first-order valence-corrected chi connectivity index (χ1v) is 16.2. The van der Waals surface area contributed by atoms with Gasteiger partial charge in [-0.15, -0.1) is 0 Å². The van der Waals surface area contributed by atoms with E-state index in [1.54, 1.807) is 17.0 Å². The van der Waals surface area contributed by atoms with Crippen molar-refractivity contribution in [1.82, 2.24) is 15.1 Å². The Hall–Kier alpha value is -3.73. The van der Waals surface area contributed by atoms with Crippen LogP contribution < -0.4 is 10.1 Å². The number of hydrogen-bond donors (Lipinski definition) is 1. The van der Waals surface area contributed by atoms with E-state index in [2.05, 4.69) is 16.3 Å². The van der Waals surface area contributed by atoms with Gasteiger partial charge in [0.2, 0.25) is 11.8 Å². The molecule has 2 aliphatic heterocycles. The molecule has 6 rings (SSSR count). The predicted octanol–water partition coefficient (Wildman–Crippen LogP) is 3.32. The molecule has 3 aliphatic rings. The monoisotopic (exact) mass is 589 g/mol. The fraction of sp³-hybridized carbons (Fsp3) is 0.375. The Kier molecular flexibility index (Phi) is 8.02. The lowest BCUT2D eigenvalue weighted by Gasteiger charge is -2.25. The van der Waals surface area contributed by atoms with Gasteiger partial charge in [-0.25, -0.2) is 8.42 Å². The molecule has 2 heterocycles. The Bertz CT molecular complexity index is 1570. The van der Waals surface area contributed by atoms with Crippen molar-refractivity contribution >= 4 is 21.7 Å². The van der Waals surface area contributed by atoms with E-state index in [0.29, 0.717) is 32.3 Å². The third-order valence-corrected chi connectivity index (χ3v) is 9.09. The van der Waals surface area contributed by atoms with E-state index in [1.165, 1.54) is 12.1 Å². The minimum atomic E-state index is -3.31. The van der Waals surface area contributed by atoms with E-state index >= 15 is 0 Å². The first kappa shape index (κ1) is 28.4. The van der Waals surface area contributed by atoms with Crippen molar-refractivity contribution in [3.8, 4) is 11.5 Å². The highest BCUT2D eigenvalue weighted by Crippen LogP contribution is 2.30. The molecule has 10 heteroatoms. The highest BCUT2D eigenvalue weighted by atomic mass is 32.2. The van der Waals surface area contributed by atoms with Gasteiger partial charge in [0, 0.05) is 31.9 Å². The van der Waals surface area contributed by atoms with Crippen LogP contribution in [0.2, 0.25) is 0 Å². The average Bonchev–Trinajstić information content (AvgIpc) is 3.72. The summed E-state index contributed by atoms with van der Waals surface area (Å²) >= 11 is 0. The quantitative estimate of drug-likeness (QED) is 0.498. The zero-order valence-electron chi connectivity index (χ0n) is 23.6. The van der Waals surface area contributed by atoms with Gasteiger partial charge in [0.1, 0.15) is 11.5 Å². The molecule has 2 amide bonds. The normalized spacial score (nSPS) is 21.7. The summed E-state index contributed by atoms with van der Waals surface area (Å²) in [5.41, 5.74) is 2.73. The number of ether oxygens (including phenoxy) is 2. The molecule has 3 aromatic rings. The summed E-state index contributed by atoms with van der Waals surface area (Å²) in [6, 6.07) is 22.1. The number of sulfone groups is 1. The van der Waals surface area contributed by atoms with Gasteiger partial charge in [-0.2, -0.15) is 0 Å². The number of likely N-dealkylation sites (tertiary alicyclic amines) is 1. The second-order valence-electron chi connectivity index (χ2n) is 11.4. The van der Waals surface area contributed by atoms with Crippen LogP contribution in [-0.2, 0) is 43.7 Å². The molecule has 2 atom stereocenters. The van der Waals surface area contributed by atoms with Crippen LogP contribution >= 0.6 is 0 Å². The van der Waals surface area contributed by atoms with Crippen LogP contribution in [0.4, 0.5) is 0 Å². The lowest BCUT2D eigenvalue weighted by atomic mass is 10.1. The predicted molar refractivity (Wildman–Crippen MR) is 157 cm³/mol. The smallest absolute Gasteiger partial charge is 0.234 e. The standard InChI is InChI=1S/C32H35N3O6S/c1-42(38,39)28-12-8-22(9-13-28)16-32(37)35-18-29-30(19-35)40-21-24-5-3-7-27(15-24)41-26-6-2-4-23(14-26)17-34(25-10-11-25)20-31(36)33-29/h2-9,12-15,25,29-30H,10-11,16-21H2,1H3,(H,33,36)/t29-,30-/m0/s1. The van der Waals surface area contributed by atoms with E-state index < -0.39 is 9.84 Å². The maximum Gasteiger partial charge on any atom is 0.234 e. The van der Waals surface area contributed by atoms with Crippen molar-refractivity contribution in [2.45, 2.75) is 55.5 Å². The summed E-state index contributed by atoms with van der Waals surface area (Å²) in [5, 5.41) is 3.17. The number of carbonyl (C=O) groups is 2. The van der Waals surface area contributed by atoms with Crippen molar-refractivity contribution in [2.75, 3.05) is 25.9 Å². The molecule has 1 saturated heterocycles. The second kappa shape index (κ2) is 11.9. The SMILES string of the molecule is CS(=O)(=O)c1ccc(CC(=O)N2C[C@@H]3NC(=O)CN(C4CC4)Cc4cccc(c4)Oc4cccc(c4)CO[C@H]3C2)cc1. The Balaban J connectivity index is 1.20. The molecule has 1 saturated carbocycles. The summed E-state index contributed by atoms with van der Waals surface area (Å²) in [6.07, 6.45) is 3.04. The molecule has 0 unspecified atom stereocenters. The molecule has 2 fully saturated rings. The summed E-state index contributed by atoms with van der Waals surface area (Å²) in [5.74, 6) is 1.27. The molecule has 220 valence electrons. The van der Waals surface area contributed by atoms with Crippen LogP contribution in [0.15, 0.2) is 77.7 Å². The van der Waals surface area contributed by atoms with Gasteiger partial charge in [-0.1, -0.05) is 36.4 Å². The van der Waals surface area contributed by atoms with Crippen LogP contribution in [-0.4, -0.2) is 74.1 Å². The number of benzene rings is 3. The molecule has 1 aliphatic carbocycles. The van der Waals surface area contributed by atoms with Crippen LogP contribution in [0.3, 0.4) is 0 Å². The summed E-state index contributed by atoms with van der Waals surface area (Å²) < 4.78 is 36.1. The van der Waals surface area contributed by atoms with Crippen LogP contribution in [0.25, 0.3) is 0 Å². The van der Waals surface area contributed by atoms with E-state index in [9.17, 15) is 18.0 Å². The topological polar surface area (TPSA) is 105 Å². The molecule has 1 N–H and O–H groups in total. The molecule has 0 spiro atoms. The molecule has 0 aromatic heterocycles. The Labute approximate surface area is 246 Å². The summed E-state index contributed by atoms with van der Waals surface area (Å²) in [6.45, 7) is 1.89. The van der Waals surface area contributed by atoms with Gasteiger partial charge in [0.25, 0.3) is 0 Å². The van der Waals surface area contributed by atoms with E-state index in [1.807, 2.05) is 42.5 Å². The summed E-state index contributed by atoms with van der Waals surface area (Å²) in [7, 11) is -3.31. The van der Waals surface area contributed by atoms with Gasteiger partial charge >= 0.3 is 0 Å². The van der Waals surface area contributed by atoms with E-state index in [-0.39, 0.29) is 41.8 Å². The van der Waals surface area contributed by atoms with Crippen LogP contribution in [0.5, 0.6) is 11.5 Å². The third kappa shape index (κ3) is 7.00.